The molecule has 6 heteroatoms. The second kappa shape index (κ2) is 43.7. The summed E-state index contributed by atoms with van der Waals surface area (Å²) in [6.07, 6.45) is 46.3. The van der Waals surface area contributed by atoms with E-state index in [2.05, 4.69) is 24.5 Å². The Balaban J connectivity index is 3.23. The van der Waals surface area contributed by atoms with Gasteiger partial charge >= 0.3 is 12.2 Å². The van der Waals surface area contributed by atoms with Crippen molar-refractivity contribution in [2.24, 2.45) is 0 Å². The summed E-state index contributed by atoms with van der Waals surface area (Å²) >= 11 is 0. The molecule has 0 aliphatic heterocycles. The molecule has 50 heavy (non-hydrogen) atoms. The van der Waals surface area contributed by atoms with Crippen LogP contribution in [0.5, 0.6) is 0 Å². The van der Waals surface area contributed by atoms with Crippen LogP contribution in [0.1, 0.15) is 245 Å². The number of carbonyl (C=O) groups excluding carboxylic acids is 2. The van der Waals surface area contributed by atoms with Crippen LogP contribution in [-0.4, -0.2) is 38.5 Å². The summed E-state index contributed by atoms with van der Waals surface area (Å²) in [5.41, 5.74) is 0. The smallest absolute Gasteiger partial charge is 0.407 e. The van der Waals surface area contributed by atoms with Gasteiger partial charge in [-0.25, -0.2) is 9.59 Å². The molecule has 0 saturated heterocycles. The molecule has 6 nitrogen and oxygen atoms in total. The molecule has 2 N–H and O–H groups in total. The Kier molecular flexibility index (Phi) is 42.4. The number of nitrogens with one attached hydrogen (secondary N) is 2. The molecule has 2 amide bonds. The molecule has 298 valence electrons. The van der Waals surface area contributed by atoms with Gasteiger partial charge in [0.15, 0.2) is 0 Å². The first-order valence-electron chi connectivity index (χ1n) is 22.5. The fourth-order valence-electron chi connectivity index (χ4n) is 6.72. The largest absolute Gasteiger partial charge is 0.450 e. The zero-order chi connectivity index (χ0) is 36.3. The van der Waals surface area contributed by atoms with Crippen LogP contribution in [0.25, 0.3) is 0 Å². The third-order valence-corrected chi connectivity index (χ3v) is 10.1. The fraction of sp³-hybridized carbons (Fsp3) is 0.955. The molecule has 0 aliphatic rings. The maximum atomic E-state index is 11.9. The third-order valence-electron chi connectivity index (χ3n) is 10.1. The van der Waals surface area contributed by atoms with Crippen molar-refractivity contribution < 1.29 is 19.1 Å². The first kappa shape index (κ1) is 48.5. The van der Waals surface area contributed by atoms with E-state index in [1.165, 1.54) is 180 Å². The van der Waals surface area contributed by atoms with E-state index in [9.17, 15) is 9.59 Å². The number of hydrogen-bond donors (Lipinski definition) is 2. The van der Waals surface area contributed by atoms with E-state index < -0.39 is 0 Å². The van der Waals surface area contributed by atoms with Gasteiger partial charge in [0, 0.05) is 13.1 Å². The van der Waals surface area contributed by atoms with Gasteiger partial charge in [0.05, 0.1) is 13.2 Å². The second-order valence-electron chi connectivity index (χ2n) is 15.1. The molecule has 0 aliphatic carbocycles. The molecule has 0 saturated carbocycles. The van der Waals surface area contributed by atoms with Crippen LogP contribution in [0, 0.1) is 0 Å². The maximum absolute atomic E-state index is 11.9. The highest BCUT2D eigenvalue weighted by molar-refractivity contribution is 5.67. The molecule has 0 radical (unpaired) electrons. The number of alkyl carbamates (subject to hydrolysis) is 2. The Bertz CT molecular complexity index is 618. The zero-order valence-electron chi connectivity index (χ0n) is 33.9. The summed E-state index contributed by atoms with van der Waals surface area (Å²) < 4.78 is 10.6. The molecule has 0 fully saturated rings. The van der Waals surface area contributed by atoms with Crippen molar-refractivity contribution in [3.05, 3.63) is 0 Å². The normalized spacial score (nSPS) is 11.2. The van der Waals surface area contributed by atoms with Gasteiger partial charge in [-0.05, 0) is 25.7 Å². The van der Waals surface area contributed by atoms with Gasteiger partial charge in [-0.15, -0.1) is 0 Å². The third kappa shape index (κ3) is 42.7. The van der Waals surface area contributed by atoms with Crippen LogP contribution in [0.2, 0.25) is 0 Å². The van der Waals surface area contributed by atoms with Crippen LogP contribution in [0.15, 0.2) is 0 Å². The molecule has 0 atom stereocenters. The van der Waals surface area contributed by atoms with Crippen molar-refractivity contribution in [3.63, 3.8) is 0 Å². The lowest BCUT2D eigenvalue weighted by molar-refractivity contribution is 0.142. The Hall–Kier alpha value is -1.46. The highest BCUT2D eigenvalue weighted by Crippen LogP contribution is 2.15. The highest BCUT2D eigenvalue weighted by atomic mass is 16.6. The predicted molar refractivity (Wildman–Crippen MR) is 216 cm³/mol. The van der Waals surface area contributed by atoms with Gasteiger partial charge in [-0.1, -0.05) is 219 Å². The Morgan fingerprint density at radius 3 is 0.740 bits per heavy atom. The molecular formula is C44H88N2O4. The standard InChI is InChI=1S/C44H88N2O4/c1-3-5-7-9-11-13-15-17-19-21-23-25-27-29-33-37-41-49-43(47)45-39-35-31-32-36-40-46-44(48)50-42-38-34-30-28-26-24-22-20-18-16-14-12-10-8-6-4-2/h3-42H2,1-2H3,(H,45,47)(H,46,48). The number of hydrogen-bond acceptors (Lipinski definition) is 4. The van der Waals surface area contributed by atoms with E-state index in [0.717, 1.165) is 51.4 Å². The Labute approximate surface area is 312 Å². The quantitative estimate of drug-likeness (QED) is 0.0620. The van der Waals surface area contributed by atoms with E-state index in [4.69, 9.17) is 9.47 Å². The average molecular weight is 709 g/mol. The summed E-state index contributed by atoms with van der Waals surface area (Å²) in [6.45, 7) is 6.90. The number of amides is 2. The number of rotatable bonds is 41. The summed E-state index contributed by atoms with van der Waals surface area (Å²) in [7, 11) is 0. The Morgan fingerprint density at radius 2 is 0.500 bits per heavy atom. The van der Waals surface area contributed by atoms with Crippen molar-refractivity contribution in [1.29, 1.82) is 0 Å². The maximum Gasteiger partial charge on any atom is 0.407 e. The molecule has 0 spiro atoms. The van der Waals surface area contributed by atoms with Crippen molar-refractivity contribution in [2.45, 2.75) is 245 Å². The van der Waals surface area contributed by atoms with Crippen LogP contribution in [0.3, 0.4) is 0 Å². The predicted octanol–water partition coefficient (Wildman–Crippen LogP) is 14.5. The summed E-state index contributed by atoms with van der Waals surface area (Å²) in [4.78, 5) is 23.8. The summed E-state index contributed by atoms with van der Waals surface area (Å²) in [5.74, 6) is 0. The van der Waals surface area contributed by atoms with Crippen LogP contribution >= 0.6 is 0 Å². The minimum Gasteiger partial charge on any atom is -0.450 e. The molecule has 0 rings (SSSR count). The van der Waals surface area contributed by atoms with E-state index in [-0.39, 0.29) is 12.2 Å². The number of unbranched alkanes of at least 4 members (excludes halogenated alkanes) is 33. The Morgan fingerprint density at radius 1 is 0.300 bits per heavy atom. The lowest BCUT2D eigenvalue weighted by Gasteiger charge is -2.08. The van der Waals surface area contributed by atoms with Gasteiger partial charge in [-0.3, -0.25) is 0 Å². The number of carbonyl (C=O) groups is 2. The average Bonchev–Trinajstić information content (AvgIpc) is 3.12. The second-order valence-corrected chi connectivity index (χ2v) is 15.1. The first-order valence-corrected chi connectivity index (χ1v) is 22.5. The van der Waals surface area contributed by atoms with Gasteiger partial charge in [0.25, 0.3) is 0 Å². The number of ether oxygens (including phenoxy) is 2. The van der Waals surface area contributed by atoms with Crippen molar-refractivity contribution in [3.8, 4) is 0 Å². The van der Waals surface area contributed by atoms with E-state index in [0.29, 0.717) is 26.3 Å². The van der Waals surface area contributed by atoms with Crippen LogP contribution < -0.4 is 10.6 Å². The first-order chi connectivity index (χ1) is 24.7. The van der Waals surface area contributed by atoms with Crippen molar-refractivity contribution in [1.82, 2.24) is 10.6 Å². The van der Waals surface area contributed by atoms with Crippen molar-refractivity contribution >= 4 is 12.2 Å². The topological polar surface area (TPSA) is 76.7 Å². The van der Waals surface area contributed by atoms with Gasteiger partial charge in [-0.2, -0.15) is 0 Å². The molecule has 0 aromatic rings. The molecule has 0 heterocycles. The van der Waals surface area contributed by atoms with E-state index >= 15 is 0 Å². The summed E-state index contributed by atoms with van der Waals surface area (Å²) in [5, 5.41) is 5.72. The van der Waals surface area contributed by atoms with Gasteiger partial charge in [0.1, 0.15) is 0 Å². The lowest BCUT2D eigenvalue weighted by Crippen LogP contribution is -2.26. The summed E-state index contributed by atoms with van der Waals surface area (Å²) in [6, 6.07) is 0. The van der Waals surface area contributed by atoms with Crippen LogP contribution in [-0.2, 0) is 9.47 Å². The van der Waals surface area contributed by atoms with Gasteiger partial charge in [0.2, 0.25) is 0 Å². The zero-order valence-corrected chi connectivity index (χ0v) is 33.9. The molecule has 0 bridgehead atoms. The molecule has 0 aromatic heterocycles. The SMILES string of the molecule is CCCCCCCCCCCCCCCCCCOC(=O)NCCCCCCNC(=O)OCCCCCCCCCCCCCCCCCC. The van der Waals surface area contributed by atoms with Crippen LogP contribution in [0.4, 0.5) is 9.59 Å². The van der Waals surface area contributed by atoms with E-state index in [1.807, 2.05) is 0 Å². The minimum absolute atomic E-state index is 0.292. The van der Waals surface area contributed by atoms with E-state index in [1.54, 1.807) is 0 Å². The van der Waals surface area contributed by atoms with Crippen molar-refractivity contribution in [2.75, 3.05) is 26.3 Å². The molecule has 0 aromatic carbocycles. The minimum atomic E-state index is -0.292. The fourth-order valence-corrected chi connectivity index (χ4v) is 6.72. The van der Waals surface area contributed by atoms with Gasteiger partial charge < -0.3 is 20.1 Å². The lowest BCUT2D eigenvalue weighted by atomic mass is 10.0. The highest BCUT2D eigenvalue weighted by Gasteiger charge is 2.03. The monoisotopic (exact) mass is 709 g/mol. The molecular weight excluding hydrogens is 620 g/mol. The molecule has 0 unspecified atom stereocenters.